The number of aromatic nitrogens is 2. The van der Waals surface area contributed by atoms with Gasteiger partial charge in [0, 0.05) is 11.9 Å². The van der Waals surface area contributed by atoms with Crippen LogP contribution < -0.4 is 10.5 Å². The third kappa shape index (κ3) is 3.27. The number of hydrogen-bond acceptors (Lipinski definition) is 5. The van der Waals surface area contributed by atoms with Crippen LogP contribution in [0.15, 0.2) is 41.4 Å². The summed E-state index contributed by atoms with van der Waals surface area (Å²) in [5.41, 5.74) is 7.29. The highest BCUT2D eigenvalue weighted by molar-refractivity contribution is 7.89. The Morgan fingerprint density at radius 2 is 2.11 bits per heavy atom. The summed E-state index contributed by atoms with van der Waals surface area (Å²) >= 11 is 0. The number of nitrogen functional groups attached to an aromatic ring is 1. The molecule has 2 rings (SSSR count). The lowest BCUT2D eigenvalue weighted by atomic mass is 10.2. The first-order valence-corrected chi connectivity index (χ1v) is 7.10. The lowest BCUT2D eigenvalue weighted by Crippen LogP contribution is -2.24. The van der Waals surface area contributed by atoms with Crippen molar-refractivity contribution >= 4 is 15.7 Å². The third-order valence-electron chi connectivity index (χ3n) is 2.56. The average Bonchev–Trinajstić information content (AvgIpc) is 2.37. The van der Waals surface area contributed by atoms with Crippen molar-refractivity contribution in [2.24, 2.45) is 0 Å². The zero-order valence-electron chi connectivity index (χ0n) is 10.4. The number of rotatable bonds is 4. The molecule has 7 heteroatoms. The summed E-state index contributed by atoms with van der Waals surface area (Å²) < 4.78 is 26.8. The van der Waals surface area contributed by atoms with Crippen LogP contribution in [-0.2, 0) is 16.6 Å². The van der Waals surface area contributed by atoms with Crippen LogP contribution in [0, 0.1) is 6.92 Å². The molecule has 100 valence electrons. The summed E-state index contributed by atoms with van der Waals surface area (Å²) in [7, 11) is -3.58. The van der Waals surface area contributed by atoms with E-state index in [0.717, 1.165) is 0 Å². The number of hydrogen-bond donors (Lipinski definition) is 2. The van der Waals surface area contributed by atoms with E-state index in [1.807, 2.05) is 0 Å². The molecule has 1 aromatic heterocycles. The second kappa shape index (κ2) is 5.33. The molecule has 2 aromatic rings. The molecule has 0 aliphatic heterocycles. The van der Waals surface area contributed by atoms with Crippen molar-refractivity contribution < 1.29 is 8.42 Å². The molecule has 1 heterocycles. The van der Waals surface area contributed by atoms with E-state index in [1.165, 1.54) is 12.3 Å². The monoisotopic (exact) mass is 278 g/mol. The Labute approximate surface area is 111 Å². The fourth-order valence-electron chi connectivity index (χ4n) is 1.65. The minimum atomic E-state index is -3.58. The minimum absolute atomic E-state index is 0.0972. The molecule has 0 aliphatic carbocycles. The average molecular weight is 278 g/mol. The molecule has 0 saturated heterocycles. The zero-order valence-corrected chi connectivity index (χ0v) is 11.2. The highest BCUT2D eigenvalue weighted by Crippen LogP contribution is 2.17. The Bertz CT molecular complexity index is 671. The van der Waals surface area contributed by atoms with Crippen molar-refractivity contribution in [3.8, 4) is 0 Å². The van der Waals surface area contributed by atoms with Crippen LogP contribution in [-0.4, -0.2) is 18.6 Å². The standard InChI is InChI=1S/C12H14N4O2S/c1-9-7-10(13)4-5-12(9)19(17,18)15-8-11-3-2-6-14-16-11/h2-7,15H,8,13H2,1H3. The molecule has 0 aliphatic rings. The Morgan fingerprint density at radius 1 is 1.32 bits per heavy atom. The van der Waals surface area contributed by atoms with Crippen LogP contribution in [0.2, 0.25) is 0 Å². The molecule has 0 saturated carbocycles. The van der Waals surface area contributed by atoms with Crippen LogP contribution in [0.1, 0.15) is 11.3 Å². The molecule has 0 radical (unpaired) electrons. The van der Waals surface area contributed by atoms with E-state index in [0.29, 0.717) is 16.9 Å². The highest BCUT2D eigenvalue weighted by Gasteiger charge is 2.16. The first-order chi connectivity index (χ1) is 8.99. The Hall–Kier alpha value is -1.99. The molecule has 0 bridgehead atoms. The number of anilines is 1. The van der Waals surface area contributed by atoms with Crippen molar-refractivity contribution in [1.29, 1.82) is 0 Å². The number of nitrogens with zero attached hydrogens (tertiary/aromatic N) is 2. The van der Waals surface area contributed by atoms with E-state index in [9.17, 15) is 8.42 Å². The Balaban J connectivity index is 2.19. The van der Waals surface area contributed by atoms with Gasteiger partial charge in [-0.1, -0.05) is 0 Å². The lowest BCUT2D eigenvalue weighted by molar-refractivity contribution is 0.579. The predicted octanol–water partition coefficient (Wildman–Crippen LogP) is 0.846. The summed E-state index contributed by atoms with van der Waals surface area (Å²) in [6, 6.07) is 8.07. The van der Waals surface area contributed by atoms with Gasteiger partial charge in [-0.3, -0.25) is 0 Å². The van der Waals surface area contributed by atoms with Crippen molar-refractivity contribution in [2.45, 2.75) is 18.4 Å². The maximum absolute atomic E-state index is 12.1. The summed E-state index contributed by atoms with van der Waals surface area (Å²) in [5, 5.41) is 7.50. The van der Waals surface area contributed by atoms with Gasteiger partial charge in [0.25, 0.3) is 0 Å². The van der Waals surface area contributed by atoms with E-state index >= 15 is 0 Å². The number of aryl methyl sites for hydroxylation is 1. The van der Waals surface area contributed by atoms with E-state index < -0.39 is 10.0 Å². The summed E-state index contributed by atoms with van der Waals surface area (Å²) in [6.45, 7) is 1.80. The van der Waals surface area contributed by atoms with Crippen LogP contribution in [0.3, 0.4) is 0 Å². The first-order valence-electron chi connectivity index (χ1n) is 5.61. The normalized spacial score (nSPS) is 11.4. The second-order valence-corrected chi connectivity index (χ2v) is 5.80. The van der Waals surface area contributed by atoms with Gasteiger partial charge in [0.1, 0.15) is 0 Å². The van der Waals surface area contributed by atoms with Gasteiger partial charge in [0.15, 0.2) is 0 Å². The molecule has 3 N–H and O–H groups in total. The number of nitrogens with one attached hydrogen (secondary N) is 1. The summed E-state index contributed by atoms with van der Waals surface area (Å²) in [6.07, 6.45) is 1.53. The maximum Gasteiger partial charge on any atom is 0.241 e. The van der Waals surface area contributed by atoms with Crippen molar-refractivity contribution in [2.75, 3.05) is 5.73 Å². The smallest absolute Gasteiger partial charge is 0.241 e. The largest absolute Gasteiger partial charge is 0.399 e. The molecule has 6 nitrogen and oxygen atoms in total. The maximum atomic E-state index is 12.1. The lowest BCUT2D eigenvalue weighted by Gasteiger charge is -2.09. The van der Waals surface area contributed by atoms with Crippen LogP contribution in [0.5, 0.6) is 0 Å². The first kappa shape index (κ1) is 13.4. The fraction of sp³-hybridized carbons (Fsp3) is 0.167. The molecular weight excluding hydrogens is 264 g/mol. The summed E-state index contributed by atoms with van der Waals surface area (Å²) in [5.74, 6) is 0. The molecule has 0 spiro atoms. The quantitative estimate of drug-likeness (QED) is 0.808. The van der Waals surface area contributed by atoms with Gasteiger partial charge in [0.2, 0.25) is 10.0 Å². The second-order valence-electron chi connectivity index (χ2n) is 4.06. The van der Waals surface area contributed by atoms with Gasteiger partial charge in [0.05, 0.1) is 17.1 Å². The van der Waals surface area contributed by atoms with E-state index in [1.54, 1.807) is 31.2 Å². The van der Waals surface area contributed by atoms with Crippen LogP contribution >= 0.6 is 0 Å². The van der Waals surface area contributed by atoms with Gasteiger partial charge in [-0.05, 0) is 42.8 Å². The van der Waals surface area contributed by atoms with E-state index in [-0.39, 0.29) is 11.4 Å². The van der Waals surface area contributed by atoms with Gasteiger partial charge < -0.3 is 5.73 Å². The highest BCUT2D eigenvalue weighted by atomic mass is 32.2. The molecule has 0 amide bonds. The number of benzene rings is 1. The molecular formula is C12H14N4O2S. The van der Waals surface area contributed by atoms with Crippen LogP contribution in [0.25, 0.3) is 0 Å². The molecule has 1 aromatic carbocycles. The van der Waals surface area contributed by atoms with Gasteiger partial charge in [-0.15, -0.1) is 0 Å². The topological polar surface area (TPSA) is 98.0 Å². The third-order valence-corrected chi connectivity index (χ3v) is 4.12. The minimum Gasteiger partial charge on any atom is -0.399 e. The van der Waals surface area contributed by atoms with Gasteiger partial charge in [-0.2, -0.15) is 10.2 Å². The van der Waals surface area contributed by atoms with Crippen molar-refractivity contribution in [3.05, 3.63) is 47.8 Å². The molecule has 19 heavy (non-hydrogen) atoms. The van der Waals surface area contributed by atoms with Gasteiger partial charge >= 0.3 is 0 Å². The fourth-order valence-corrected chi connectivity index (χ4v) is 2.87. The predicted molar refractivity (Wildman–Crippen MR) is 71.6 cm³/mol. The SMILES string of the molecule is Cc1cc(N)ccc1S(=O)(=O)NCc1cccnn1. The number of nitrogens with two attached hydrogens (primary N) is 1. The van der Waals surface area contributed by atoms with E-state index in [2.05, 4.69) is 14.9 Å². The Kier molecular flexibility index (Phi) is 3.77. The molecule has 0 atom stereocenters. The Morgan fingerprint density at radius 3 is 2.74 bits per heavy atom. The molecule has 0 fully saturated rings. The van der Waals surface area contributed by atoms with E-state index in [4.69, 9.17) is 5.73 Å². The number of sulfonamides is 1. The molecule has 0 unspecified atom stereocenters. The zero-order chi connectivity index (χ0) is 13.9. The summed E-state index contributed by atoms with van der Waals surface area (Å²) in [4.78, 5) is 0.214. The van der Waals surface area contributed by atoms with Crippen molar-refractivity contribution in [1.82, 2.24) is 14.9 Å². The van der Waals surface area contributed by atoms with Crippen LogP contribution in [0.4, 0.5) is 5.69 Å². The van der Waals surface area contributed by atoms with Crippen molar-refractivity contribution in [3.63, 3.8) is 0 Å². The van der Waals surface area contributed by atoms with Gasteiger partial charge in [-0.25, -0.2) is 13.1 Å².